The minimum Gasteiger partial charge on any atom is -0.396 e. The fourth-order valence-electron chi connectivity index (χ4n) is 7.07. The zero-order valence-corrected chi connectivity index (χ0v) is 33.2. The van der Waals surface area contributed by atoms with Crippen LogP contribution in [-0.4, -0.2) is 6.15 Å². The molecule has 0 aliphatic heterocycles. The number of hydrogen-bond donors (Lipinski definition) is 0. The van der Waals surface area contributed by atoms with E-state index in [2.05, 4.69) is 60.3 Å². The van der Waals surface area contributed by atoms with Gasteiger partial charge < -0.3 is 4.74 Å². The van der Waals surface area contributed by atoms with Crippen LogP contribution in [0.25, 0.3) is 0 Å². The summed E-state index contributed by atoms with van der Waals surface area (Å²) in [5, 5.41) is 2.97. The monoisotopic (exact) mass is 975 g/mol. The highest BCUT2D eigenvalue weighted by atomic mass is 32.1. The van der Waals surface area contributed by atoms with E-state index in [0.717, 1.165) is 17.5 Å². The quantitative estimate of drug-likeness (QED) is 0.0486. The Morgan fingerprint density at radius 2 is 0.727 bits per heavy atom. The number of hydrogen-bond acceptors (Lipinski definition) is 2. The van der Waals surface area contributed by atoms with Gasteiger partial charge in [0.25, 0.3) is 0 Å². The smallest absolute Gasteiger partial charge is 0.396 e. The van der Waals surface area contributed by atoms with Crippen LogP contribution in [0.4, 0.5) is 87.8 Å². The second kappa shape index (κ2) is 18.4. The second-order valence-electron chi connectivity index (χ2n) is 13.9. The van der Waals surface area contributed by atoms with Crippen molar-refractivity contribution in [3.05, 3.63) is 193 Å². The van der Waals surface area contributed by atoms with E-state index >= 15 is 35.1 Å². The molecule has 7 rings (SSSR count). The minimum absolute atomic E-state index is 0.824. The Kier molecular flexibility index (Phi) is 13.6. The topological polar surface area (TPSA) is 13.1 Å². The van der Waals surface area contributed by atoms with E-state index in [-0.39, 0.29) is 0 Å². The first-order valence-corrected chi connectivity index (χ1v) is 18.8. The van der Waals surface area contributed by atoms with Gasteiger partial charge in [0.2, 0.25) is 0 Å². The lowest BCUT2D eigenvalue weighted by Crippen LogP contribution is -2.81. The Hall–Kier alpha value is -6.59. The number of aryl methyl sites for hydroxylation is 1. The Balaban J connectivity index is 0.000000284. The maximum absolute atomic E-state index is 15.4. The van der Waals surface area contributed by atoms with Gasteiger partial charge in [0.05, 0.1) is 5.38 Å². The number of halogens is 20. The maximum Gasteiger partial charge on any atom is 0.436 e. The van der Waals surface area contributed by atoms with Gasteiger partial charge in [0.1, 0.15) is 58.4 Å². The molecule has 0 aliphatic rings. The molecular weight excluding hydrogens is 957 g/mol. The van der Waals surface area contributed by atoms with Crippen LogP contribution < -0.4 is 31.2 Å². The molecule has 0 fully saturated rings. The first kappa shape index (κ1) is 48.9. The van der Waals surface area contributed by atoms with Crippen LogP contribution in [0.5, 0.6) is 10.9 Å². The number of thiazole rings is 1. The van der Waals surface area contributed by atoms with Crippen molar-refractivity contribution in [2.45, 2.75) is 20.4 Å². The molecule has 0 aliphatic carbocycles. The zero-order chi connectivity index (χ0) is 49.0. The SMILES string of the molecule is Cc1cccc(Oc2scc[n+]2Cc2ccccc2)c1C.Fc1c(F)c(F)c([B-](c2c(F)c(F)c(F)c(F)c2F)(c2c(F)c(F)c(F)c(F)c2F)c2c(F)c(F)c(F)c(F)c2F)c(F)c1F. The average molecular weight is 975 g/mol. The van der Waals surface area contributed by atoms with Crippen LogP contribution in [0.2, 0.25) is 0 Å². The molecule has 0 bridgehead atoms. The summed E-state index contributed by atoms with van der Waals surface area (Å²) >= 11 is 1.62. The van der Waals surface area contributed by atoms with Crippen molar-refractivity contribution in [1.82, 2.24) is 0 Å². The number of benzene rings is 6. The highest BCUT2D eigenvalue weighted by Gasteiger charge is 2.52. The highest BCUT2D eigenvalue weighted by Crippen LogP contribution is 2.31. The van der Waals surface area contributed by atoms with E-state index in [9.17, 15) is 52.7 Å². The third-order valence-corrected chi connectivity index (χ3v) is 11.1. The molecular formula is C42H18BF20NOS. The Bertz CT molecular complexity index is 2690. The van der Waals surface area contributed by atoms with E-state index in [1.165, 1.54) is 16.7 Å². The van der Waals surface area contributed by atoms with Crippen LogP contribution in [0.15, 0.2) is 60.1 Å². The van der Waals surface area contributed by atoms with Crippen LogP contribution in [-0.2, 0) is 6.54 Å². The van der Waals surface area contributed by atoms with Gasteiger partial charge >= 0.3 is 5.19 Å². The molecule has 0 saturated heterocycles. The van der Waals surface area contributed by atoms with Crippen molar-refractivity contribution < 1.29 is 97.1 Å². The number of ether oxygens (including phenoxy) is 1. The Morgan fingerprint density at radius 3 is 1.06 bits per heavy atom. The summed E-state index contributed by atoms with van der Waals surface area (Å²) in [6, 6.07) is 16.6. The molecule has 1 aromatic heterocycles. The first-order chi connectivity index (χ1) is 30.9. The lowest BCUT2D eigenvalue weighted by atomic mass is 9.12. The fourth-order valence-corrected chi connectivity index (χ4v) is 7.80. The standard InChI is InChI=1S/C24BF20.C18H18NOS/c26-5-1(6(27)14(35)21(42)13(5)34)25(2-7(28)15(36)22(43)16(37)8(2)29,3-9(30)17(38)23(44)18(39)10(3)31)4-11(32)19(40)24(45)20(41)12(4)33;1-14-7-6-10-17(15(14)2)20-18-19(11-12-21-18)13-16-8-4-3-5-9-16/h;3-12H,13H2,1-2H3/q-1;+1. The van der Waals surface area contributed by atoms with E-state index < -0.39 is 144 Å². The molecule has 0 radical (unpaired) electrons. The van der Waals surface area contributed by atoms with Crippen molar-refractivity contribution in [1.29, 1.82) is 0 Å². The summed E-state index contributed by atoms with van der Waals surface area (Å²) in [7, 11) is 0. The number of nitrogens with zero attached hydrogens (tertiary/aromatic N) is 1. The molecule has 7 aromatic rings. The van der Waals surface area contributed by atoms with Gasteiger partial charge in [-0.05, 0) is 42.4 Å². The maximum atomic E-state index is 15.4. The van der Waals surface area contributed by atoms with E-state index in [1.807, 2.05) is 18.2 Å². The summed E-state index contributed by atoms with van der Waals surface area (Å²) in [6.07, 6.45) is -5.15. The zero-order valence-electron chi connectivity index (χ0n) is 32.4. The predicted molar refractivity (Wildman–Crippen MR) is 195 cm³/mol. The Morgan fingerprint density at radius 1 is 0.409 bits per heavy atom. The van der Waals surface area contributed by atoms with E-state index in [4.69, 9.17) is 4.74 Å². The molecule has 24 heteroatoms. The van der Waals surface area contributed by atoms with Gasteiger partial charge in [-0.2, -0.15) is 4.57 Å². The van der Waals surface area contributed by atoms with Crippen molar-refractivity contribution in [3.8, 4) is 10.9 Å². The normalized spacial score (nSPS) is 11.5. The van der Waals surface area contributed by atoms with Gasteiger partial charge in [-0.15, -0.1) is 21.9 Å². The van der Waals surface area contributed by atoms with Gasteiger partial charge in [0.15, 0.2) is 82.5 Å². The summed E-state index contributed by atoms with van der Waals surface area (Å²) in [5.41, 5.74) is -10.6. The summed E-state index contributed by atoms with van der Waals surface area (Å²) in [5.74, 6) is -70.5. The third-order valence-electron chi connectivity index (χ3n) is 10.3. The molecule has 1 heterocycles. The lowest BCUT2D eigenvalue weighted by molar-refractivity contribution is -0.687. The largest absolute Gasteiger partial charge is 0.436 e. The molecule has 0 unspecified atom stereocenters. The molecule has 6 aromatic carbocycles. The van der Waals surface area contributed by atoms with Crippen molar-refractivity contribution in [2.24, 2.45) is 0 Å². The van der Waals surface area contributed by atoms with Crippen molar-refractivity contribution in [3.63, 3.8) is 0 Å². The first-order valence-electron chi connectivity index (χ1n) is 17.9. The summed E-state index contributed by atoms with van der Waals surface area (Å²) in [6.45, 7) is 5.03. The van der Waals surface area contributed by atoms with Crippen molar-refractivity contribution >= 4 is 39.3 Å². The molecule has 0 amide bonds. The predicted octanol–water partition coefficient (Wildman–Crippen LogP) is 10.3. The molecule has 2 nitrogen and oxygen atoms in total. The number of rotatable bonds is 8. The van der Waals surface area contributed by atoms with Crippen LogP contribution in [0, 0.1) is 130 Å². The summed E-state index contributed by atoms with van der Waals surface area (Å²) < 4.78 is 302. The molecule has 66 heavy (non-hydrogen) atoms. The number of aromatic nitrogens is 1. The average Bonchev–Trinajstić information content (AvgIpc) is 3.74. The molecule has 0 N–H and O–H groups in total. The van der Waals surface area contributed by atoms with Crippen LogP contribution in [0.1, 0.15) is 16.7 Å². The van der Waals surface area contributed by atoms with Gasteiger partial charge in [-0.3, -0.25) is 0 Å². The molecule has 346 valence electrons. The van der Waals surface area contributed by atoms with E-state index in [1.54, 1.807) is 11.3 Å². The van der Waals surface area contributed by atoms with Gasteiger partial charge in [0, 0.05) is 5.56 Å². The lowest BCUT2D eigenvalue weighted by Gasteiger charge is -2.44. The minimum atomic E-state index is -7.22. The summed E-state index contributed by atoms with van der Waals surface area (Å²) in [4.78, 5) is 0. The molecule has 0 spiro atoms. The van der Waals surface area contributed by atoms with Crippen LogP contribution >= 0.6 is 11.3 Å². The van der Waals surface area contributed by atoms with Gasteiger partial charge in [-0.1, -0.05) is 42.5 Å². The molecule has 0 saturated carbocycles. The van der Waals surface area contributed by atoms with Crippen LogP contribution in [0.3, 0.4) is 0 Å². The fraction of sp³-hybridized carbons (Fsp3) is 0.0714. The second-order valence-corrected chi connectivity index (χ2v) is 14.7. The van der Waals surface area contributed by atoms with Gasteiger partial charge in [-0.25, -0.2) is 87.8 Å². The Labute approximate surface area is 360 Å². The van der Waals surface area contributed by atoms with Crippen molar-refractivity contribution in [2.75, 3.05) is 0 Å². The third kappa shape index (κ3) is 7.76. The van der Waals surface area contributed by atoms with E-state index in [0.29, 0.717) is 0 Å². The highest BCUT2D eigenvalue weighted by molar-refractivity contribution is 7.20. The molecule has 0 atom stereocenters.